The lowest BCUT2D eigenvalue weighted by Crippen LogP contribution is -2.41. The predicted octanol–water partition coefficient (Wildman–Crippen LogP) is 3.15. The summed E-state index contributed by atoms with van der Waals surface area (Å²) in [6.45, 7) is 18.5. The van der Waals surface area contributed by atoms with Crippen LogP contribution in [-0.2, 0) is 0 Å². The molecule has 0 aliphatic heterocycles. The highest BCUT2D eigenvalue weighted by molar-refractivity contribution is 6.01. The second-order valence-electron chi connectivity index (χ2n) is 6.44. The predicted molar refractivity (Wildman–Crippen MR) is 76.1 cm³/mol. The maximum Gasteiger partial charge on any atom is 0.172 e. The van der Waals surface area contributed by atoms with E-state index in [1.165, 1.54) is 6.42 Å². The summed E-state index contributed by atoms with van der Waals surface area (Å²) in [5.41, 5.74) is 1.65. The fraction of sp³-hybridized carbons (Fsp3) is 0.933. The van der Waals surface area contributed by atoms with Gasteiger partial charge < -0.3 is 0 Å². The third-order valence-electron chi connectivity index (χ3n) is 3.62. The van der Waals surface area contributed by atoms with Gasteiger partial charge in [-0.25, -0.2) is 4.58 Å². The van der Waals surface area contributed by atoms with Crippen LogP contribution < -0.4 is 0 Å². The quantitative estimate of drug-likeness (QED) is 0.668. The lowest BCUT2D eigenvalue weighted by atomic mass is 10.2. The second-order valence-corrected chi connectivity index (χ2v) is 6.44. The highest BCUT2D eigenvalue weighted by Crippen LogP contribution is 2.29. The van der Waals surface area contributed by atoms with Crippen LogP contribution in [0, 0.1) is 0 Å². The Labute approximate surface area is 108 Å². The van der Waals surface area contributed by atoms with Crippen molar-refractivity contribution in [3.63, 3.8) is 0 Å². The molecule has 17 heavy (non-hydrogen) atoms. The average molecular weight is 239 g/mol. The standard InChI is InChI=1S/C15H31N2/c1-10(2)16(11(3)4)14-9-15(14)17(12(5)6)13(7)8/h10-14H,9H2,1-8H3/q+1. The SMILES string of the molecule is CC(C)N(C(C)C)C1CC1=[N+](C(C)C)C(C)C. The molecule has 1 unspecified atom stereocenters. The number of hydrogen-bond acceptors (Lipinski definition) is 1. The fourth-order valence-corrected chi connectivity index (χ4v) is 3.27. The highest BCUT2D eigenvalue weighted by Gasteiger charge is 2.48. The van der Waals surface area contributed by atoms with Gasteiger partial charge in [0.1, 0.15) is 18.1 Å². The summed E-state index contributed by atoms with van der Waals surface area (Å²) >= 11 is 0. The van der Waals surface area contributed by atoms with Crippen molar-refractivity contribution in [2.75, 3.05) is 0 Å². The Morgan fingerprint density at radius 3 is 1.59 bits per heavy atom. The molecule has 1 rings (SSSR count). The molecule has 0 heterocycles. The van der Waals surface area contributed by atoms with E-state index < -0.39 is 0 Å². The Kier molecular flexibility index (Phi) is 4.77. The maximum atomic E-state index is 2.65. The van der Waals surface area contributed by atoms with E-state index in [9.17, 15) is 0 Å². The van der Waals surface area contributed by atoms with Gasteiger partial charge in [0.25, 0.3) is 0 Å². The molecule has 0 aromatic carbocycles. The molecule has 0 aromatic rings. The van der Waals surface area contributed by atoms with Crippen LogP contribution in [0.3, 0.4) is 0 Å². The van der Waals surface area contributed by atoms with Crippen molar-refractivity contribution >= 4 is 5.71 Å². The van der Waals surface area contributed by atoms with E-state index in [1.54, 1.807) is 5.71 Å². The first-order valence-corrected chi connectivity index (χ1v) is 7.18. The van der Waals surface area contributed by atoms with Gasteiger partial charge in [0.2, 0.25) is 0 Å². The van der Waals surface area contributed by atoms with E-state index in [2.05, 4.69) is 64.9 Å². The smallest absolute Gasteiger partial charge is 0.172 e. The van der Waals surface area contributed by atoms with E-state index in [4.69, 9.17) is 0 Å². The molecule has 0 aromatic heterocycles. The molecule has 0 spiro atoms. The zero-order valence-corrected chi connectivity index (χ0v) is 13.0. The molecular weight excluding hydrogens is 208 g/mol. The first-order valence-electron chi connectivity index (χ1n) is 7.18. The van der Waals surface area contributed by atoms with Gasteiger partial charge in [-0.15, -0.1) is 0 Å². The summed E-state index contributed by atoms with van der Waals surface area (Å²) in [5.74, 6) is 0. The van der Waals surface area contributed by atoms with Crippen LogP contribution in [0.2, 0.25) is 0 Å². The van der Waals surface area contributed by atoms with E-state index in [-0.39, 0.29) is 0 Å². The normalized spacial score (nSPS) is 20.3. The molecule has 0 radical (unpaired) electrons. The van der Waals surface area contributed by atoms with Crippen LogP contribution in [-0.4, -0.2) is 45.4 Å². The first kappa shape index (κ1) is 14.7. The third kappa shape index (κ3) is 3.31. The Hall–Kier alpha value is -0.370. The largest absolute Gasteiger partial charge is 0.286 e. The van der Waals surface area contributed by atoms with Gasteiger partial charge in [-0.1, -0.05) is 0 Å². The Morgan fingerprint density at radius 1 is 0.882 bits per heavy atom. The molecule has 100 valence electrons. The topological polar surface area (TPSA) is 6.25 Å². The van der Waals surface area contributed by atoms with Gasteiger partial charge in [-0.05, 0) is 55.4 Å². The summed E-state index contributed by atoms with van der Waals surface area (Å²) in [6.07, 6.45) is 1.27. The summed E-state index contributed by atoms with van der Waals surface area (Å²) in [6, 6.07) is 3.21. The van der Waals surface area contributed by atoms with Crippen LogP contribution in [0.15, 0.2) is 0 Å². The van der Waals surface area contributed by atoms with Gasteiger partial charge in [0.05, 0.1) is 6.42 Å². The van der Waals surface area contributed by atoms with Crippen LogP contribution in [0.1, 0.15) is 61.8 Å². The summed E-state index contributed by atoms with van der Waals surface area (Å²) in [5, 5.41) is 0. The van der Waals surface area contributed by atoms with Crippen molar-refractivity contribution in [1.29, 1.82) is 0 Å². The molecule has 0 bridgehead atoms. The van der Waals surface area contributed by atoms with Crippen LogP contribution in [0.4, 0.5) is 0 Å². The van der Waals surface area contributed by atoms with Crippen LogP contribution in [0.25, 0.3) is 0 Å². The van der Waals surface area contributed by atoms with E-state index in [0.717, 1.165) is 0 Å². The first-order chi connectivity index (χ1) is 7.77. The molecule has 1 aliphatic rings. The van der Waals surface area contributed by atoms with Crippen molar-refractivity contribution in [3.05, 3.63) is 0 Å². The zero-order valence-electron chi connectivity index (χ0n) is 13.0. The van der Waals surface area contributed by atoms with Crippen molar-refractivity contribution in [3.8, 4) is 0 Å². The molecular formula is C15H31N2+. The van der Waals surface area contributed by atoms with Gasteiger partial charge in [0.15, 0.2) is 5.71 Å². The molecule has 0 N–H and O–H groups in total. The van der Waals surface area contributed by atoms with Crippen LogP contribution >= 0.6 is 0 Å². The van der Waals surface area contributed by atoms with Crippen molar-refractivity contribution in [2.24, 2.45) is 0 Å². The minimum Gasteiger partial charge on any atom is -0.286 e. The molecule has 1 saturated carbocycles. The zero-order chi connectivity index (χ0) is 13.3. The summed E-state index contributed by atoms with van der Waals surface area (Å²) < 4.78 is 2.60. The molecule has 2 heteroatoms. The molecule has 1 aliphatic carbocycles. The lowest BCUT2D eigenvalue weighted by molar-refractivity contribution is -0.586. The summed E-state index contributed by atoms with van der Waals surface area (Å²) in [4.78, 5) is 2.65. The van der Waals surface area contributed by atoms with Crippen LogP contribution in [0.5, 0.6) is 0 Å². The average Bonchev–Trinajstić information content (AvgIpc) is 2.81. The Balaban J connectivity index is 2.89. The molecule has 0 saturated heterocycles. The van der Waals surface area contributed by atoms with Gasteiger partial charge >= 0.3 is 0 Å². The third-order valence-corrected chi connectivity index (χ3v) is 3.62. The van der Waals surface area contributed by atoms with E-state index in [1.807, 2.05) is 0 Å². The minimum atomic E-state index is 0.621. The molecule has 1 fully saturated rings. The number of rotatable bonds is 5. The van der Waals surface area contributed by atoms with Crippen molar-refractivity contribution < 1.29 is 4.58 Å². The van der Waals surface area contributed by atoms with Gasteiger partial charge in [0, 0.05) is 12.1 Å². The van der Waals surface area contributed by atoms with Crippen molar-refractivity contribution in [1.82, 2.24) is 4.90 Å². The lowest BCUT2D eigenvalue weighted by Gasteiger charge is -2.29. The second kappa shape index (κ2) is 5.51. The summed E-state index contributed by atoms with van der Waals surface area (Å²) in [7, 11) is 0. The monoisotopic (exact) mass is 239 g/mol. The van der Waals surface area contributed by atoms with E-state index in [0.29, 0.717) is 30.2 Å². The number of hydrogen-bond donors (Lipinski definition) is 0. The molecule has 0 amide bonds. The minimum absolute atomic E-state index is 0.621. The van der Waals surface area contributed by atoms with Crippen molar-refractivity contribution in [2.45, 2.75) is 92.0 Å². The van der Waals surface area contributed by atoms with Gasteiger partial charge in [-0.3, -0.25) is 4.90 Å². The fourth-order valence-electron chi connectivity index (χ4n) is 3.27. The number of nitrogens with zero attached hydrogens (tertiary/aromatic N) is 2. The van der Waals surface area contributed by atoms with E-state index >= 15 is 0 Å². The Morgan fingerprint density at radius 2 is 1.29 bits per heavy atom. The highest BCUT2D eigenvalue weighted by atomic mass is 15.3. The van der Waals surface area contributed by atoms with Gasteiger partial charge in [-0.2, -0.15) is 0 Å². The molecule has 1 atom stereocenters. The molecule has 2 nitrogen and oxygen atoms in total. The Bertz CT molecular complexity index is 269. The maximum absolute atomic E-state index is 2.65.